The number of hydrogen-bond donors (Lipinski definition) is 1. The minimum absolute atomic E-state index is 0.0709. The average Bonchev–Trinajstić information content (AvgIpc) is 2.88. The van der Waals surface area contributed by atoms with Crippen LogP contribution in [0.25, 0.3) is 33.6 Å². The summed E-state index contributed by atoms with van der Waals surface area (Å²) in [4.78, 5) is 30.0. The van der Waals surface area contributed by atoms with Crippen LogP contribution in [0.3, 0.4) is 0 Å². The normalized spacial score (nSPS) is 12.7. The van der Waals surface area contributed by atoms with E-state index in [1.54, 1.807) is 6.07 Å². The molecule has 3 aromatic carbocycles. The molecule has 0 atom stereocenters. The molecule has 6 nitrogen and oxygen atoms in total. The fourth-order valence-electron chi connectivity index (χ4n) is 4.06. The zero-order valence-corrected chi connectivity index (χ0v) is 19.4. The minimum Gasteiger partial charge on any atom is -0.482 e. The van der Waals surface area contributed by atoms with E-state index < -0.39 is 5.97 Å². The highest BCUT2D eigenvalue weighted by molar-refractivity contribution is 6.30. The van der Waals surface area contributed by atoms with Gasteiger partial charge in [0.1, 0.15) is 5.75 Å². The number of benzene rings is 3. The van der Waals surface area contributed by atoms with Crippen LogP contribution in [0.1, 0.15) is 6.42 Å². The molecule has 174 valence electrons. The molecule has 2 heterocycles. The lowest BCUT2D eigenvalue weighted by atomic mass is 9.99. The maximum absolute atomic E-state index is 12.5. The molecule has 1 N–H and O–H groups in total. The Morgan fingerprint density at radius 1 is 0.886 bits per heavy atom. The summed E-state index contributed by atoms with van der Waals surface area (Å²) >= 11 is 6.09. The number of halogens is 1. The second-order valence-corrected chi connectivity index (χ2v) is 8.60. The Morgan fingerprint density at radius 2 is 1.57 bits per heavy atom. The number of anilines is 1. The molecule has 1 aliphatic rings. The third-order valence-corrected chi connectivity index (χ3v) is 6.07. The number of hydrogen-bond acceptors (Lipinski definition) is 4. The van der Waals surface area contributed by atoms with Crippen molar-refractivity contribution >= 4 is 29.2 Å². The van der Waals surface area contributed by atoms with E-state index in [9.17, 15) is 9.59 Å². The highest BCUT2D eigenvalue weighted by Gasteiger charge is 2.26. The maximum Gasteiger partial charge on any atom is 0.305 e. The summed E-state index contributed by atoms with van der Waals surface area (Å²) in [5.74, 6) is -0.702. The van der Waals surface area contributed by atoms with Crippen molar-refractivity contribution in [2.24, 2.45) is 0 Å². The monoisotopic (exact) mass is 484 g/mol. The van der Waals surface area contributed by atoms with Gasteiger partial charge in [0.2, 0.25) is 0 Å². The lowest BCUT2D eigenvalue weighted by Crippen LogP contribution is -2.40. The van der Waals surface area contributed by atoms with E-state index in [-0.39, 0.29) is 25.5 Å². The predicted molar refractivity (Wildman–Crippen MR) is 136 cm³/mol. The molecule has 5 rings (SSSR count). The molecule has 0 fully saturated rings. The number of aliphatic carboxylic acids is 1. The third kappa shape index (κ3) is 4.88. The molecule has 4 aromatic rings. The first-order valence-electron chi connectivity index (χ1n) is 11.1. The van der Waals surface area contributed by atoms with Crippen LogP contribution in [-0.2, 0) is 9.59 Å². The molecule has 0 radical (unpaired) electrons. The summed E-state index contributed by atoms with van der Waals surface area (Å²) in [7, 11) is 0. The van der Waals surface area contributed by atoms with E-state index in [1.807, 2.05) is 78.9 Å². The van der Waals surface area contributed by atoms with E-state index >= 15 is 0 Å². The summed E-state index contributed by atoms with van der Waals surface area (Å²) in [5, 5.41) is 9.77. The van der Waals surface area contributed by atoms with Crippen molar-refractivity contribution in [3.05, 3.63) is 90.0 Å². The molecule has 1 amide bonds. The van der Waals surface area contributed by atoms with Gasteiger partial charge in [-0.2, -0.15) is 0 Å². The maximum atomic E-state index is 12.5. The number of fused-ring (bicyclic) bond motifs is 1. The molecule has 0 spiro atoms. The van der Waals surface area contributed by atoms with Gasteiger partial charge in [-0.1, -0.05) is 54.1 Å². The van der Waals surface area contributed by atoms with Crippen LogP contribution in [0, 0.1) is 0 Å². The van der Waals surface area contributed by atoms with Crippen LogP contribution in [0.15, 0.2) is 84.9 Å². The van der Waals surface area contributed by atoms with Gasteiger partial charge in [-0.25, -0.2) is 4.98 Å². The third-order valence-electron chi connectivity index (χ3n) is 5.82. The molecular formula is C28H21ClN2O4. The smallest absolute Gasteiger partial charge is 0.305 e. The van der Waals surface area contributed by atoms with Crippen LogP contribution in [0.4, 0.5) is 5.69 Å². The number of carboxylic acid groups (broad SMARTS) is 1. The van der Waals surface area contributed by atoms with Gasteiger partial charge in [0, 0.05) is 22.7 Å². The minimum atomic E-state index is -0.966. The molecule has 0 unspecified atom stereocenters. The van der Waals surface area contributed by atoms with Gasteiger partial charge < -0.3 is 14.7 Å². The van der Waals surface area contributed by atoms with Gasteiger partial charge in [-0.05, 0) is 53.6 Å². The largest absolute Gasteiger partial charge is 0.482 e. The first-order valence-corrected chi connectivity index (χ1v) is 11.5. The van der Waals surface area contributed by atoms with Crippen molar-refractivity contribution in [3.63, 3.8) is 0 Å². The van der Waals surface area contributed by atoms with Gasteiger partial charge >= 0.3 is 5.97 Å². The predicted octanol–water partition coefficient (Wildman–Crippen LogP) is 5.94. The van der Waals surface area contributed by atoms with Crippen LogP contribution >= 0.6 is 11.6 Å². The van der Waals surface area contributed by atoms with Crippen LogP contribution < -0.4 is 9.64 Å². The van der Waals surface area contributed by atoms with Crippen molar-refractivity contribution in [1.82, 2.24) is 4.98 Å². The second kappa shape index (κ2) is 9.60. The standard InChI is InChI=1S/C28H21ClN2O4/c29-22-9-6-19(7-10-22)23-14-21(18-4-2-1-3-5-18)15-24(30-23)20-8-11-26-25(16-20)31(13-12-28(33)34)27(32)17-35-26/h1-11,14-16H,12-13,17H2,(H,33,34). The number of pyridine rings is 1. The molecule has 1 aromatic heterocycles. The summed E-state index contributed by atoms with van der Waals surface area (Å²) in [6.45, 7) is -0.0457. The van der Waals surface area contributed by atoms with E-state index in [0.29, 0.717) is 16.5 Å². The first-order chi connectivity index (χ1) is 17.0. The number of carbonyl (C=O) groups is 2. The molecule has 0 bridgehead atoms. The zero-order valence-electron chi connectivity index (χ0n) is 18.6. The van der Waals surface area contributed by atoms with E-state index in [2.05, 4.69) is 0 Å². The fourth-order valence-corrected chi connectivity index (χ4v) is 4.18. The Hall–Kier alpha value is -4.16. The number of carbonyl (C=O) groups excluding carboxylic acids is 1. The van der Waals surface area contributed by atoms with Crippen molar-refractivity contribution in [2.75, 3.05) is 18.1 Å². The molecule has 35 heavy (non-hydrogen) atoms. The van der Waals surface area contributed by atoms with Crippen LogP contribution in [0.5, 0.6) is 5.75 Å². The molecule has 7 heteroatoms. The van der Waals surface area contributed by atoms with Crippen molar-refractivity contribution < 1.29 is 19.4 Å². The Morgan fingerprint density at radius 3 is 2.29 bits per heavy atom. The summed E-state index contributed by atoms with van der Waals surface area (Å²) in [6.07, 6.45) is -0.155. The Kier molecular flexibility index (Phi) is 6.21. The first kappa shape index (κ1) is 22.6. The number of rotatable bonds is 6. The number of carboxylic acids is 1. The Bertz CT molecular complexity index is 1400. The highest BCUT2D eigenvalue weighted by atomic mass is 35.5. The molecule has 0 saturated carbocycles. The van der Waals surface area contributed by atoms with E-state index in [0.717, 1.165) is 33.6 Å². The van der Waals surface area contributed by atoms with Crippen molar-refractivity contribution in [2.45, 2.75) is 6.42 Å². The number of aromatic nitrogens is 1. The second-order valence-electron chi connectivity index (χ2n) is 8.16. The number of ether oxygens (including phenoxy) is 1. The average molecular weight is 485 g/mol. The topological polar surface area (TPSA) is 79.7 Å². The van der Waals surface area contributed by atoms with E-state index in [1.165, 1.54) is 4.90 Å². The molecular weight excluding hydrogens is 464 g/mol. The summed E-state index contributed by atoms with van der Waals surface area (Å²) < 4.78 is 5.59. The lowest BCUT2D eigenvalue weighted by Gasteiger charge is -2.29. The van der Waals surface area contributed by atoms with Crippen LogP contribution in [-0.4, -0.2) is 35.1 Å². The SMILES string of the molecule is O=C(O)CCN1C(=O)COc2ccc(-c3cc(-c4ccccc4)cc(-c4ccc(Cl)cc4)n3)cc21. The molecule has 1 aliphatic heterocycles. The fraction of sp³-hybridized carbons (Fsp3) is 0.107. The van der Waals surface area contributed by atoms with Gasteiger partial charge in [0.15, 0.2) is 6.61 Å². The number of amides is 1. The lowest BCUT2D eigenvalue weighted by molar-refractivity contribution is -0.136. The molecule has 0 saturated heterocycles. The highest BCUT2D eigenvalue weighted by Crippen LogP contribution is 2.37. The Balaban J connectivity index is 1.62. The van der Waals surface area contributed by atoms with E-state index in [4.69, 9.17) is 26.4 Å². The zero-order chi connectivity index (χ0) is 24.4. The van der Waals surface area contributed by atoms with Crippen LogP contribution in [0.2, 0.25) is 5.02 Å². The van der Waals surface area contributed by atoms with Gasteiger partial charge in [0.05, 0.1) is 23.5 Å². The quantitative estimate of drug-likeness (QED) is 0.366. The summed E-state index contributed by atoms with van der Waals surface area (Å²) in [5.41, 5.74) is 5.80. The van der Waals surface area contributed by atoms with Gasteiger partial charge in [-0.15, -0.1) is 0 Å². The number of nitrogens with zero attached hydrogens (tertiary/aromatic N) is 2. The van der Waals surface area contributed by atoms with Gasteiger partial charge in [0.25, 0.3) is 5.91 Å². The summed E-state index contributed by atoms with van der Waals surface area (Å²) in [6, 6.07) is 27.1. The van der Waals surface area contributed by atoms with Gasteiger partial charge in [-0.3, -0.25) is 9.59 Å². The van der Waals surface area contributed by atoms with Crippen molar-refractivity contribution in [1.29, 1.82) is 0 Å². The Labute approximate surface area is 207 Å². The van der Waals surface area contributed by atoms with Crippen molar-refractivity contribution in [3.8, 4) is 39.4 Å². The molecule has 0 aliphatic carbocycles.